The van der Waals surface area contributed by atoms with Gasteiger partial charge >= 0.3 is 11.9 Å². The quantitative estimate of drug-likeness (QED) is 0.781. The molecule has 0 aliphatic rings. The van der Waals surface area contributed by atoms with E-state index in [1.807, 2.05) is 27.7 Å². The van der Waals surface area contributed by atoms with Crippen LogP contribution in [-0.4, -0.2) is 39.8 Å². The molecule has 2 aromatic heterocycles. The molecule has 0 saturated carbocycles. The highest BCUT2D eigenvalue weighted by molar-refractivity contribution is 5.88. The Labute approximate surface area is 142 Å². The van der Waals surface area contributed by atoms with Crippen molar-refractivity contribution in [2.45, 2.75) is 48.0 Å². The summed E-state index contributed by atoms with van der Waals surface area (Å²) in [6.45, 7) is 11.8. The van der Waals surface area contributed by atoms with Gasteiger partial charge in [0, 0.05) is 23.0 Å². The van der Waals surface area contributed by atoms with Gasteiger partial charge in [0.15, 0.2) is 11.3 Å². The van der Waals surface area contributed by atoms with Crippen molar-refractivity contribution in [2.24, 2.45) is 0 Å². The fourth-order valence-corrected chi connectivity index (χ4v) is 2.24. The first kappa shape index (κ1) is 19.6. The Morgan fingerprint density at radius 2 is 1.75 bits per heavy atom. The number of nitrogens with zero attached hydrogens (tertiary/aromatic N) is 3. The Balaban J connectivity index is 0.00000139. The van der Waals surface area contributed by atoms with E-state index in [-0.39, 0.29) is 24.7 Å². The van der Waals surface area contributed by atoms with Crippen molar-refractivity contribution >= 4 is 17.6 Å². The first-order chi connectivity index (χ1) is 11.5. The molecule has 0 atom stereocenters. The van der Waals surface area contributed by atoms with Gasteiger partial charge < -0.3 is 9.47 Å². The third-order valence-corrected chi connectivity index (χ3v) is 3.27. The van der Waals surface area contributed by atoms with Crippen molar-refractivity contribution < 1.29 is 19.1 Å². The minimum absolute atomic E-state index is 0.128. The molecule has 0 radical (unpaired) electrons. The molecular weight excluding hydrogens is 310 g/mol. The van der Waals surface area contributed by atoms with Gasteiger partial charge in [-0.1, -0.05) is 13.8 Å². The summed E-state index contributed by atoms with van der Waals surface area (Å²) in [5.41, 5.74) is 2.97. The van der Waals surface area contributed by atoms with E-state index in [4.69, 9.17) is 9.47 Å². The Morgan fingerprint density at radius 3 is 2.33 bits per heavy atom. The van der Waals surface area contributed by atoms with Crippen LogP contribution >= 0.6 is 0 Å². The summed E-state index contributed by atoms with van der Waals surface area (Å²) in [5.74, 6) is -0.801. The molecule has 0 unspecified atom stereocenters. The molecule has 2 rings (SSSR count). The van der Waals surface area contributed by atoms with Gasteiger partial charge in [-0.05, 0) is 27.7 Å². The summed E-state index contributed by atoms with van der Waals surface area (Å²) in [7, 11) is 0. The average Bonchev–Trinajstić information content (AvgIpc) is 2.98. The van der Waals surface area contributed by atoms with Crippen LogP contribution in [0, 0.1) is 13.8 Å². The lowest BCUT2D eigenvalue weighted by molar-refractivity contribution is -0.142. The van der Waals surface area contributed by atoms with E-state index < -0.39 is 5.97 Å². The molecular formula is C17H25N3O4. The van der Waals surface area contributed by atoms with Gasteiger partial charge in [-0.25, -0.2) is 14.3 Å². The van der Waals surface area contributed by atoms with Gasteiger partial charge in [0.25, 0.3) is 0 Å². The number of carbonyl (C=O) groups excluding carboxylic acids is 2. The van der Waals surface area contributed by atoms with E-state index in [2.05, 4.69) is 10.1 Å². The Kier molecular flexibility index (Phi) is 7.35. The van der Waals surface area contributed by atoms with Crippen LogP contribution in [0.25, 0.3) is 5.65 Å². The van der Waals surface area contributed by atoms with Crippen molar-refractivity contribution in [3.63, 3.8) is 0 Å². The molecule has 2 heterocycles. The summed E-state index contributed by atoms with van der Waals surface area (Å²) in [6, 6.07) is 1.58. The van der Waals surface area contributed by atoms with Gasteiger partial charge in [-0.3, -0.25) is 4.79 Å². The SMILES string of the molecule is CC.CCOC(=O)Cc1c(C)nc2cc(C(=O)OCC)nn2c1C. The maximum Gasteiger partial charge on any atom is 0.358 e. The molecule has 0 bridgehead atoms. The van der Waals surface area contributed by atoms with E-state index in [1.54, 1.807) is 24.4 Å². The highest BCUT2D eigenvalue weighted by Gasteiger charge is 2.18. The minimum atomic E-state index is -0.489. The number of carbonyl (C=O) groups is 2. The van der Waals surface area contributed by atoms with Gasteiger partial charge in [0.2, 0.25) is 0 Å². The molecule has 0 aromatic carbocycles. The zero-order valence-corrected chi connectivity index (χ0v) is 15.2. The topological polar surface area (TPSA) is 82.8 Å². The van der Waals surface area contributed by atoms with Gasteiger partial charge in [-0.15, -0.1) is 0 Å². The van der Waals surface area contributed by atoms with Crippen LogP contribution in [0.1, 0.15) is 55.1 Å². The summed E-state index contributed by atoms with van der Waals surface area (Å²) in [5, 5.41) is 4.21. The number of aromatic nitrogens is 3. The molecule has 7 heteroatoms. The van der Waals surface area contributed by atoms with Crippen molar-refractivity contribution in [2.75, 3.05) is 13.2 Å². The maximum atomic E-state index is 11.8. The largest absolute Gasteiger partial charge is 0.466 e. The van der Waals surface area contributed by atoms with Crippen molar-refractivity contribution in [3.8, 4) is 0 Å². The predicted octanol–water partition coefficient (Wildman–Crippen LogP) is 2.65. The lowest BCUT2D eigenvalue weighted by Crippen LogP contribution is -2.13. The normalized spacial score (nSPS) is 10.1. The molecule has 0 saturated heterocycles. The number of hydrogen-bond donors (Lipinski definition) is 0. The first-order valence-corrected chi connectivity index (χ1v) is 8.16. The fraction of sp³-hybridized carbons (Fsp3) is 0.529. The molecule has 0 fully saturated rings. The molecule has 0 N–H and O–H groups in total. The summed E-state index contributed by atoms with van der Waals surface area (Å²) in [6.07, 6.45) is 0.128. The van der Waals surface area contributed by atoms with Crippen LogP contribution in [0.15, 0.2) is 6.07 Å². The first-order valence-electron chi connectivity index (χ1n) is 8.16. The minimum Gasteiger partial charge on any atom is -0.466 e. The second-order valence-electron chi connectivity index (χ2n) is 4.76. The van der Waals surface area contributed by atoms with Gasteiger partial charge in [0.05, 0.1) is 19.6 Å². The second-order valence-corrected chi connectivity index (χ2v) is 4.76. The summed E-state index contributed by atoms with van der Waals surface area (Å²) >= 11 is 0. The zero-order chi connectivity index (χ0) is 18.3. The smallest absolute Gasteiger partial charge is 0.358 e. The van der Waals surface area contributed by atoms with Gasteiger partial charge in [-0.2, -0.15) is 5.10 Å². The Hall–Kier alpha value is -2.44. The van der Waals surface area contributed by atoms with Gasteiger partial charge in [0.1, 0.15) is 0 Å². The van der Waals surface area contributed by atoms with Crippen LogP contribution in [0.4, 0.5) is 0 Å². The summed E-state index contributed by atoms with van der Waals surface area (Å²) in [4.78, 5) is 27.9. The number of hydrogen-bond acceptors (Lipinski definition) is 6. The highest BCUT2D eigenvalue weighted by atomic mass is 16.5. The summed E-state index contributed by atoms with van der Waals surface area (Å²) < 4.78 is 11.5. The Bertz CT molecular complexity index is 722. The van der Waals surface area contributed by atoms with E-state index in [0.29, 0.717) is 17.9 Å². The molecule has 2 aromatic rings. The monoisotopic (exact) mass is 335 g/mol. The Morgan fingerprint density at radius 1 is 1.12 bits per heavy atom. The van der Waals surface area contributed by atoms with Crippen LogP contribution in [0.5, 0.6) is 0 Å². The van der Waals surface area contributed by atoms with Crippen molar-refractivity contribution in [1.82, 2.24) is 14.6 Å². The van der Waals surface area contributed by atoms with Crippen LogP contribution in [0.3, 0.4) is 0 Å². The standard InChI is InChI=1S/C15H19N3O4.C2H6/c1-5-21-14(19)7-11-9(3)16-13-8-12(15(20)22-6-2)17-18(13)10(11)4;1-2/h8H,5-7H2,1-4H3;1-2H3. The number of fused-ring (bicyclic) bond motifs is 1. The highest BCUT2D eigenvalue weighted by Crippen LogP contribution is 2.17. The van der Waals surface area contributed by atoms with E-state index >= 15 is 0 Å². The molecule has 0 aliphatic carbocycles. The molecule has 0 spiro atoms. The van der Waals surface area contributed by atoms with E-state index in [0.717, 1.165) is 11.3 Å². The zero-order valence-electron chi connectivity index (χ0n) is 15.2. The van der Waals surface area contributed by atoms with Crippen LogP contribution in [0.2, 0.25) is 0 Å². The maximum absolute atomic E-state index is 11.8. The number of esters is 2. The third kappa shape index (κ3) is 4.31. The van der Waals surface area contributed by atoms with Crippen molar-refractivity contribution in [1.29, 1.82) is 0 Å². The van der Waals surface area contributed by atoms with Crippen LogP contribution in [-0.2, 0) is 20.7 Å². The average molecular weight is 335 g/mol. The molecule has 0 aliphatic heterocycles. The number of rotatable bonds is 5. The molecule has 132 valence electrons. The number of ether oxygens (including phenoxy) is 2. The van der Waals surface area contributed by atoms with Crippen LogP contribution < -0.4 is 0 Å². The molecule has 7 nitrogen and oxygen atoms in total. The van der Waals surface area contributed by atoms with E-state index in [1.165, 1.54) is 0 Å². The number of aryl methyl sites for hydroxylation is 2. The molecule has 0 amide bonds. The second kappa shape index (κ2) is 9.00. The lowest BCUT2D eigenvalue weighted by atomic mass is 10.1. The predicted molar refractivity (Wildman–Crippen MR) is 90.1 cm³/mol. The fourth-order valence-electron chi connectivity index (χ4n) is 2.24. The molecule has 24 heavy (non-hydrogen) atoms. The third-order valence-electron chi connectivity index (χ3n) is 3.27. The lowest BCUT2D eigenvalue weighted by Gasteiger charge is -2.10. The van der Waals surface area contributed by atoms with Crippen molar-refractivity contribution in [3.05, 3.63) is 28.7 Å². The van der Waals surface area contributed by atoms with E-state index in [9.17, 15) is 9.59 Å².